The Morgan fingerprint density at radius 3 is 2.57 bits per heavy atom. The molecular weight excluding hydrogens is 354 g/mol. The summed E-state index contributed by atoms with van der Waals surface area (Å²) in [7, 11) is 1.53. The van der Waals surface area contributed by atoms with Crippen LogP contribution in [-0.4, -0.2) is 25.0 Å². The van der Waals surface area contributed by atoms with Crippen molar-refractivity contribution in [2.45, 2.75) is 52.9 Å². The lowest BCUT2D eigenvalue weighted by Crippen LogP contribution is -2.60. The molecule has 0 N–H and O–H groups in total. The van der Waals surface area contributed by atoms with E-state index in [0.29, 0.717) is 24.2 Å². The molecule has 5 atom stereocenters. The van der Waals surface area contributed by atoms with E-state index in [-0.39, 0.29) is 29.3 Å². The summed E-state index contributed by atoms with van der Waals surface area (Å²) in [6.07, 6.45) is 5.25. The number of Topliss-reactive ketones (excluding diaryl/α,β-unsaturated/α-hetero) is 1. The first-order valence-corrected chi connectivity index (χ1v) is 10.1. The zero-order valence-corrected chi connectivity index (χ0v) is 17.0. The van der Waals surface area contributed by atoms with Crippen molar-refractivity contribution in [3.63, 3.8) is 0 Å². The standard InChI is InChI=1S/C23H27NO4/c1-21(2)17-9-16(26)20-14-6-5-13(11-24)22(14,3)8-7-15(20)23(17,12-25)18(27)10-19(21)28-4/h10,12-13,15,17H,5-9H2,1-4H3/t13-,15+,17-,22-,23+/m1/s1. The van der Waals surface area contributed by atoms with E-state index in [9.17, 15) is 19.6 Å². The monoisotopic (exact) mass is 381 g/mol. The molecule has 4 aliphatic carbocycles. The Bertz CT molecular complexity index is 889. The molecule has 28 heavy (non-hydrogen) atoms. The molecule has 0 bridgehead atoms. The van der Waals surface area contributed by atoms with Gasteiger partial charge in [-0.15, -0.1) is 0 Å². The van der Waals surface area contributed by atoms with Crippen LogP contribution in [0, 0.1) is 45.3 Å². The molecule has 5 nitrogen and oxygen atoms in total. The number of methoxy groups -OCH3 is 1. The molecule has 2 saturated carbocycles. The van der Waals surface area contributed by atoms with Crippen LogP contribution >= 0.6 is 0 Å². The molecule has 0 saturated heterocycles. The van der Waals surface area contributed by atoms with Gasteiger partial charge in [-0.05, 0) is 37.2 Å². The predicted octanol–water partition coefficient (Wildman–Crippen LogP) is 3.55. The van der Waals surface area contributed by atoms with Gasteiger partial charge in [0, 0.05) is 29.2 Å². The molecule has 0 aromatic rings. The van der Waals surface area contributed by atoms with E-state index < -0.39 is 22.7 Å². The summed E-state index contributed by atoms with van der Waals surface area (Å²) in [5.41, 5.74) is -0.386. The number of nitrogens with zero attached hydrogens (tertiary/aromatic N) is 1. The fourth-order valence-electron chi connectivity index (χ4n) is 6.77. The summed E-state index contributed by atoms with van der Waals surface area (Å²) in [6.45, 7) is 5.99. The van der Waals surface area contributed by atoms with Gasteiger partial charge in [-0.2, -0.15) is 5.26 Å². The fraction of sp³-hybridized carbons (Fsp3) is 0.652. The van der Waals surface area contributed by atoms with Gasteiger partial charge in [0.25, 0.3) is 0 Å². The second-order valence-electron chi connectivity index (χ2n) is 9.65. The third-order valence-electron chi connectivity index (χ3n) is 8.38. The molecule has 0 aromatic heterocycles. The first-order valence-electron chi connectivity index (χ1n) is 10.1. The van der Waals surface area contributed by atoms with Gasteiger partial charge in [-0.25, -0.2) is 0 Å². The van der Waals surface area contributed by atoms with Gasteiger partial charge in [0.1, 0.15) is 12.0 Å². The van der Waals surface area contributed by atoms with Gasteiger partial charge in [0.2, 0.25) is 0 Å². The smallest absolute Gasteiger partial charge is 0.173 e. The minimum atomic E-state index is -1.21. The molecule has 0 unspecified atom stereocenters. The highest BCUT2D eigenvalue weighted by atomic mass is 16.5. The maximum absolute atomic E-state index is 13.4. The van der Waals surface area contributed by atoms with Crippen LogP contribution in [0.2, 0.25) is 0 Å². The first kappa shape index (κ1) is 19.1. The Morgan fingerprint density at radius 1 is 1.25 bits per heavy atom. The summed E-state index contributed by atoms with van der Waals surface area (Å²) >= 11 is 0. The van der Waals surface area contributed by atoms with Crippen molar-refractivity contribution < 1.29 is 19.1 Å². The molecule has 5 heteroatoms. The van der Waals surface area contributed by atoms with Crippen molar-refractivity contribution in [1.29, 1.82) is 5.26 Å². The molecule has 0 radical (unpaired) electrons. The molecule has 148 valence electrons. The Balaban J connectivity index is 1.94. The lowest BCUT2D eigenvalue weighted by atomic mass is 9.45. The number of aldehydes is 1. The van der Waals surface area contributed by atoms with Crippen molar-refractivity contribution in [3.8, 4) is 6.07 Å². The van der Waals surface area contributed by atoms with Crippen molar-refractivity contribution in [2.75, 3.05) is 7.11 Å². The van der Waals surface area contributed by atoms with Crippen LogP contribution in [0.3, 0.4) is 0 Å². The van der Waals surface area contributed by atoms with E-state index in [0.717, 1.165) is 24.7 Å². The number of hydrogen-bond donors (Lipinski definition) is 0. The summed E-state index contributed by atoms with van der Waals surface area (Å²) in [4.78, 5) is 39.3. The third-order valence-corrected chi connectivity index (χ3v) is 8.38. The molecule has 0 aromatic carbocycles. The van der Waals surface area contributed by atoms with Gasteiger partial charge >= 0.3 is 0 Å². The van der Waals surface area contributed by atoms with Gasteiger partial charge in [0.05, 0.1) is 24.5 Å². The average Bonchev–Trinajstić information content (AvgIpc) is 3.01. The Hall–Kier alpha value is -2.22. The maximum Gasteiger partial charge on any atom is 0.173 e. The van der Waals surface area contributed by atoms with E-state index in [1.807, 2.05) is 13.8 Å². The second-order valence-corrected chi connectivity index (χ2v) is 9.65. The number of hydrogen-bond acceptors (Lipinski definition) is 5. The SMILES string of the molecule is COC1=CC(=O)[C@]2(C=O)[C@H](CC(=O)C3=C4CC[C@H](C#N)[C@@]4(C)CC[C@@H]32)C1(C)C. The Kier molecular flexibility index (Phi) is 4.02. The molecule has 2 fully saturated rings. The average molecular weight is 381 g/mol. The lowest BCUT2D eigenvalue weighted by Gasteiger charge is -2.56. The van der Waals surface area contributed by atoms with E-state index in [2.05, 4.69) is 13.0 Å². The largest absolute Gasteiger partial charge is 0.500 e. The maximum atomic E-state index is 13.4. The van der Waals surface area contributed by atoms with Crippen LogP contribution in [0.25, 0.3) is 0 Å². The van der Waals surface area contributed by atoms with Gasteiger partial charge in [0.15, 0.2) is 11.6 Å². The summed E-state index contributed by atoms with van der Waals surface area (Å²) < 4.78 is 5.47. The molecule has 4 aliphatic rings. The van der Waals surface area contributed by atoms with E-state index in [1.165, 1.54) is 13.2 Å². The Labute approximate surface area is 165 Å². The molecular formula is C23H27NO4. The van der Waals surface area contributed by atoms with Crippen molar-refractivity contribution in [2.24, 2.45) is 34.0 Å². The van der Waals surface area contributed by atoms with Crippen molar-refractivity contribution >= 4 is 17.9 Å². The second kappa shape index (κ2) is 5.89. The molecule has 0 spiro atoms. The molecule has 0 amide bonds. The number of rotatable bonds is 2. The van der Waals surface area contributed by atoms with E-state index in [4.69, 9.17) is 4.74 Å². The summed E-state index contributed by atoms with van der Waals surface area (Å²) in [5.74, 6) is -0.562. The lowest BCUT2D eigenvalue weighted by molar-refractivity contribution is -0.151. The number of ketones is 2. The minimum absolute atomic E-state index is 0.0465. The highest BCUT2D eigenvalue weighted by Crippen LogP contribution is 2.65. The van der Waals surface area contributed by atoms with Crippen LogP contribution in [0.15, 0.2) is 23.0 Å². The number of nitriles is 1. The minimum Gasteiger partial charge on any atom is -0.500 e. The Morgan fingerprint density at radius 2 is 1.96 bits per heavy atom. The zero-order valence-electron chi connectivity index (χ0n) is 17.0. The predicted molar refractivity (Wildman–Crippen MR) is 102 cm³/mol. The third kappa shape index (κ3) is 2.04. The van der Waals surface area contributed by atoms with Crippen LogP contribution < -0.4 is 0 Å². The van der Waals surface area contributed by atoms with Crippen LogP contribution in [0.1, 0.15) is 52.9 Å². The number of ether oxygens (including phenoxy) is 1. The first-order chi connectivity index (χ1) is 13.2. The van der Waals surface area contributed by atoms with Gasteiger partial charge < -0.3 is 9.53 Å². The number of carbonyl (C=O) groups is 3. The van der Waals surface area contributed by atoms with Crippen molar-refractivity contribution in [3.05, 3.63) is 23.0 Å². The highest BCUT2D eigenvalue weighted by molar-refractivity contribution is 6.12. The quantitative estimate of drug-likeness (QED) is 0.539. The number of fused-ring (bicyclic) bond motifs is 4. The van der Waals surface area contributed by atoms with Gasteiger partial charge in [-0.3, -0.25) is 9.59 Å². The van der Waals surface area contributed by atoms with Crippen LogP contribution in [0.5, 0.6) is 0 Å². The van der Waals surface area contributed by atoms with Crippen LogP contribution in [-0.2, 0) is 19.1 Å². The fourth-order valence-corrected chi connectivity index (χ4v) is 6.77. The van der Waals surface area contributed by atoms with E-state index in [1.54, 1.807) is 0 Å². The topological polar surface area (TPSA) is 84.2 Å². The summed E-state index contributed by atoms with van der Waals surface area (Å²) in [6, 6.07) is 2.42. The van der Waals surface area contributed by atoms with E-state index >= 15 is 0 Å². The van der Waals surface area contributed by atoms with Crippen molar-refractivity contribution in [1.82, 2.24) is 0 Å². The number of carbonyl (C=O) groups excluding carboxylic acids is 3. The number of allylic oxidation sites excluding steroid dienone is 4. The highest BCUT2D eigenvalue weighted by Gasteiger charge is 2.66. The zero-order chi connectivity index (χ0) is 20.5. The molecule has 0 aliphatic heterocycles. The summed E-state index contributed by atoms with van der Waals surface area (Å²) in [5, 5.41) is 9.59. The molecule has 0 heterocycles. The normalized spacial score (nSPS) is 41.4. The van der Waals surface area contributed by atoms with Gasteiger partial charge in [-0.1, -0.05) is 26.3 Å². The molecule has 4 rings (SSSR count). The van der Waals surface area contributed by atoms with Crippen LogP contribution in [0.4, 0.5) is 0 Å².